The minimum absolute atomic E-state index is 0.0510. The summed E-state index contributed by atoms with van der Waals surface area (Å²) in [7, 11) is 1.65. The maximum absolute atomic E-state index is 12.8. The average Bonchev–Trinajstić information content (AvgIpc) is 3.14. The van der Waals surface area contributed by atoms with Gasteiger partial charge in [0.2, 0.25) is 5.91 Å². The Bertz CT molecular complexity index is 680. The van der Waals surface area contributed by atoms with Gasteiger partial charge < -0.3 is 19.6 Å². The molecule has 0 aromatic heterocycles. The fraction of sp³-hybridized carbons (Fsp3) is 0.500. The molecular formula is C20H26N2O4. The highest BCUT2D eigenvalue weighted by molar-refractivity contribution is 6.03. The van der Waals surface area contributed by atoms with E-state index in [1.54, 1.807) is 13.2 Å². The van der Waals surface area contributed by atoms with Crippen molar-refractivity contribution in [2.45, 2.75) is 31.8 Å². The Hall–Kier alpha value is -2.34. The molecule has 0 saturated carbocycles. The lowest BCUT2D eigenvalue weighted by atomic mass is 9.74. The Morgan fingerprint density at radius 2 is 2.19 bits per heavy atom. The molecule has 2 heterocycles. The molecule has 1 fully saturated rings. The average molecular weight is 358 g/mol. The van der Waals surface area contributed by atoms with Gasteiger partial charge in [0.15, 0.2) is 0 Å². The molecule has 1 saturated heterocycles. The molecule has 1 atom stereocenters. The summed E-state index contributed by atoms with van der Waals surface area (Å²) in [6.45, 7) is 5.32. The smallest absolute Gasteiger partial charge is 0.226 e. The Balaban J connectivity index is 1.69. The van der Waals surface area contributed by atoms with Crippen molar-refractivity contribution in [2.24, 2.45) is 10.6 Å². The number of carbonyl (C=O) groups is 1. The van der Waals surface area contributed by atoms with E-state index in [9.17, 15) is 4.79 Å². The molecule has 26 heavy (non-hydrogen) atoms. The van der Waals surface area contributed by atoms with Crippen LogP contribution in [0.1, 0.15) is 31.2 Å². The Kier molecular flexibility index (Phi) is 5.93. The number of hydrogen-bond donors (Lipinski definition) is 1. The van der Waals surface area contributed by atoms with Crippen LogP contribution in [0.15, 0.2) is 42.1 Å². The van der Waals surface area contributed by atoms with Crippen molar-refractivity contribution in [3.8, 4) is 5.75 Å². The highest BCUT2D eigenvalue weighted by atomic mass is 16.6. The number of hydrogen-bond acceptors (Lipinski definition) is 5. The van der Waals surface area contributed by atoms with Crippen molar-refractivity contribution in [3.63, 3.8) is 0 Å². The van der Waals surface area contributed by atoms with Crippen LogP contribution < -0.4 is 10.1 Å². The third kappa shape index (κ3) is 3.90. The van der Waals surface area contributed by atoms with Gasteiger partial charge >= 0.3 is 0 Å². The van der Waals surface area contributed by atoms with E-state index in [-0.39, 0.29) is 12.0 Å². The van der Waals surface area contributed by atoms with Crippen LogP contribution in [0.5, 0.6) is 5.75 Å². The van der Waals surface area contributed by atoms with Gasteiger partial charge in [-0.2, -0.15) is 0 Å². The molecule has 2 aliphatic rings. The van der Waals surface area contributed by atoms with Crippen LogP contribution in [0, 0.1) is 5.41 Å². The van der Waals surface area contributed by atoms with Gasteiger partial charge in [-0.1, -0.05) is 23.4 Å². The van der Waals surface area contributed by atoms with Gasteiger partial charge in [0, 0.05) is 38.2 Å². The molecule has 140 valence electrons. The van der Waals surface area contributed by atoms with Crippen LogP contribution in [0.25, 0.3) is 0 Å². The molecule has 6 heteroatoms. The van der Waals surface area contributed by atoms with Gasteiger partial charge in [-0.05, 0) is 25.0 Å². The second-order valence-corrected chi connectivity index (χ2v) is 6.77. The number of carbonyl (C=O) groups excluding carboxylic acids is 1. The van der Waals surface area contributed by atoms with E-state index in [1.165, 1.54) is 0 Å². The summed E-state index contributed by atoms with van der Waals surface area (Å²) in [4.78, 5) is 18.5. The minimum Gasteiger partial charge on any atom is -0.496 e. The van der Waals surface area contributed by atoms with Crippen LogP contribution in [-0.4, -0.2) is 44.6 Å². The van der Waals surface area contributed by atoms with Crippen molar-refractivity contribution in [3.05, 3.63) is 42.5 Å². The topological polar surface area (TPSA) is 69.2 Å². The summed E-state index contributed by atoms with van der Waals surface area (Å²) in [5.74, 6) is 0.829. The van der Waals surface area contributed by atoms with Crippen molar-refractivity contribution < 1.29 is 19.1 Å². The molecule has 0 bridgehead atoms. The summed E-state index contributed by atoms with van der Waals surface area (Å²) in [5, 5.41) is 7.22. The van der Waals surface area contributed by atoms with Crippen LogP contribution in [0.3, 0.4) is 0 Å². The van der Waals surface area contributed by atoms with Crippen molar-refractivity contribution in [1.82, 2.24) is 5.32 Å². The summed E-state index contributed by atoms with van der Waals surface area (Å²) >= 11 is 0. The third-order valence-corrected chi connectivity index (χ3v) is 5.11. The van der Waals surface area contributed by atoms with Gasteiger partial charge in [0.25, 0.3) is 0 Å². The van der Waals surface area contributed by atoms with E-state index in [0.717, 1.165) is 17.0 Å². The van der Waals surface area contributed by atoms with Crippen LogP contribution in [-0.2, 0) is 14.4 Å². The first-order valence-electron chi connectivity index (χ1n) is 9.01. The van der Waals surface area contributed by atoms with Crippen LogP contribution in [0.4, 0.5) is 0 Å². The van der Waals surface area contributed by atoms with E-state index in [0.29, 0.717) is 45.4 Å². The molecular weight excluding hydrogens is 332 g/mol. The van der Waals surface area contributed by atoms with E-state index in [1.807, 2.05) is 24.3 Å². The standard InChI is InChI=1S/C20H26N2O4/c1-3-10-21-19(23)20(8-11-25-12-9-20)14-15-13-17(22-26-15)16-6-4-5-7-18(16)24-2/h3-7,15H,1,8-14H2,2H3,(H,21,23). The van der Waals surface area contributed by atoms with Crippen LogP contribution >= 0.6 is 0 Å². The normalized spacial score (nSPS) is 21.4. The summed E-state index contributed by atoms with van der Waals surface area (Å²) < 4.78 is 10.9. The van der Waals surface area contributed by atoms with Gasteiger partial charge in [0.05, 0.1) is 18.2 Å². The first-order chi connectivity index (χ1) is 12.7. The number of benzene rings is 1. The molecule has 0 spiro atoms. The molecule has 0 aliphatic carbocycles. The largest absolute Gasteiger partial charge is 0.496 e. The van der Waals surface area contributed by atoms with E-state index in [2.05, 4.69) is 17.1 Å². The molecule has 0 radical (unpaired) electrons. The molecule has 1 unspecified atom stereocenters. The molecule has 2 aliphatic heterocycles. The first-order valence-corrected chi connectivity index (χ1v) is 9.01. The second kappa shape index (κ2) is 8.36. The zero-order valence-corrected chi connectivity index (χ0v) is 15.2. The van der Waals surface area contributed by atoms with Gasteiger partial charge in [-0.3, -0.25) is 4.79 Å². The van der Waals surface area contributed by atoms with Crippen molar-refractivity contribution in [1.29, 1.82) is 0 Å². The molecule has 1 aromatic carbocycles. The number of rotatable bonds is 7. The van der Waals surface area contributed by atoms with Gasteiger partial charge in [0.1, 0.15) is 11.9 Å². The summed E-state index contributed by atoms with van der Waals surface area (Å²) in [5.41, 5.74) is 1.33. The predicted octanol–water partition coefficient (Wildman–Crippen LogP) is 2.68. The van der Waals surface area contributed by atoms with Crippen molar-refractivity contribution in [2.75, 3.05) is 26.9 Å². The second-order valence-electron chi connectivity index (χ2n) is 6.77. The third-order valence-electron chi connectivity index (χ3n) is 5.11. The fourth-order valence-electron chi connectivity index (χ4n) is 3.65. The number of amides is 1. The maximum atomic E-state index is 12.8. The predicted molar refractivity (Wildman–Crippen MR) is 99.3 cm³/mol. The van der Waals surface area contributed by atoms with E-state index in [4.69, 9.17) is 14.3 Å². The Morgan fingerprint density at radius 3 is 2.92 bits per heavy atom. The van der Waals surface area contributed by atoms with Gasteiger partial charge in [-0.25, -0.2) is 0 Å². The number of ether oxygens (including phenoxy) is 2. The molecule has 1 aromatic rings. The van der Waals surface area contributed by atoms with E-state index < -0.39 is 5.41 Å². The highest BCUT2D eigenvalue weighted by Gasteiger charge is 2.43. The molecule has 1 N–H and O–H groups in total. The van der Waals surface area contributed by atoms with E-state index >= 15 is 0 Å². The lowest BCUT2D eigenvalue weighted by molar-refractivity contribution is -0.139. The Morgan fingerprint density at radius 1 is 1.42 bits per heavy atom. The number of oxime groups is 1. The number of nitrogens with one attached hydrogen (secondary N) is 1. The number of methoxy groups -OCH3 is 1. The molecule has 6 nitrogen and oxygen atoms in total. The quantitative estimate of drug-likeness (QED) is 0.761. The Labute approximate surface area is 154 Å². The summed E-state index contributed by atoms with van der Waals surface area (Å²) in [6, 6.07) is 7.77. The molecule has 1 amide bonds. The van der Waals surface area contributed by atoms with Crippen molar-refractivity contribution >= 4 is 11.6 Å². The number of nitrogens with zero attached hydrogens (tertiary/aromatic N) is 1. The highest BCUT2D eigenvalue weighted by Crippen LogP contribution is 2.39. The lowest BCUT2D eigenvalue weighted by Gasteiger charge is -2.36. The zero-order valence-electron chi connectivity index (χ0n) is 15.2. The monoisotopic (exact) mass is 358 g/mol. The first kappa shape index (κ1) is 18.5. The maximum Gasteiger partial charge on any atom is 0.226 e. The minimum atomic E-state index is -0.475. The zero-order chi connectivity index (χ0) is 18.4. The SMILES string of the molecule is C=CCNC(=O)C1(CC2CC(c3ccccc3OC)=NO2)CCOCC1. The fourth-order valence-corrected chi connectivity index (χ4v) is 3.65. The lowest BCUT2D eigenvalue weighted by Crippen LogP contribution is -2.46. The van der Waals surface area contributed by atoms with Crippen LogP contribution in [0.2, 0.25) is 0 Å². The summed E-state index contributed by atoms with van der Waals surface area (Å²) in [6.07, 6.45) is 4.25. The van der Waals surface area contributed by atoms with Gasteiger partial charge in [-0.15, -0.1) is 6.58 Å². The molecule has 3 rings (SSSR count). The number of para-hydroxylation sites is 1.